The van der Waals surface area contributed by atoms with Crippen molar-refractivity contribution in [3.8, 4) is 11.5 Å². The molecule has 1 amide bonds. The number of aromatic amines is 1. The summed E-state index contributed by atoms with van der Waals surface area (Å²) in [5, 5.41) is 16.8. The number of hydrogen-bond donors (Lipinski definition) is 3. The van der Waals surface area contributed by atoms with Gasteiger partial charge < -0.3 is 29.2 Å². The number of nitro benzene ring substituents is 1. The van der Waals surface area contributed by atoms with Crippen LogP contribution in [0.5, 0.6) is 11.5 Å². The maximum absolute atomic E-state index is 13.8. The van der Waals surface area contributed by atoms with Gasteiger partial charge in [-0.15, -0.1) is 0 Å². The quantitative estimate of drug-likeness (QED) is 0.0588. The van der Waals surface area contributed by atoms with Crippen LogP contribution in [0.15, 0.2) is 89.7 Å². The molecule has 14 nitrogen and oxygen atoms in total. The fraction of sp³-hybridized carbons (Fsp3) is 0.400. The lowest BCUT2D eigenvalue weighted by molar-refractivity contribution is -0.384. The van der Waals surface area contributed by atoms with Crippen molar-refractivity contribution in [3.63, 3.8) is 0 Å². The minimum atomic E-state index is -2.15. The fourth-order valence-electron chi connectivity index (χ4n) is 9.11. The molecule has 4 aliphatic rings. The Balaban J connectivity index is 0.908. The first-order valence-corrected chi connectivity index (χ1v) is 22.6. The number of halogens is 1. The molecule has 1 spiro atoms. The lowest BCUT2D eigenvalue weighted by Crippen LogP contribution is -2.47. The van der Waals surface area contributed by atoms with Crippen LogP contribution in [0.25, 0.3) is 16.6 Å². The molecule has 1 saturated carbocycles. The van der Waals surface area contributed by atoms with Gasteiger partial charge in [0.1, 0.15) is 28.4 Å². The minimum Gasteiger partial charge on any atom is -0.588 e. The standard InChI is InChI=1S/C45H49ClN8O6S/c46-34-4-2-31(3-5-34)38-25-45(12-1-13-45)14-8-33(38)29-52-16-18-53(19-17-52)35-23-41(60-36-22-32-9-15-47-43(32)50-28-36)42(49-27-35)44(55)51-61(58)37-6-7-39(40(24-37)54(56)57)48-26-30-10-20-59-21-11-30/h2-7,9,15,22-24,27-28,30,48H,1,8,10-14,16-21,25-26,29H2,(H,47,50)(H,51,55). The van der Waals surface area contributed by atoms with Crippen LogP contribution in [-0.2, 0) is 16.1 Å². The van der Waals surface area contributed by atoms with Gasteiger partial charge in [-0.3, -0.25) is 19.8 Å². The number of nitro groups is 1. The summed E-state index contributed by atoms with van der Waals surface area (Å²) in [5.41, 5.74) is 6.24. The van der Waals surface area contributed by atoms with Crippen LogP contribution in [0.4, 0.5) is 17.1 Å². The molecule has 16 heteroatoms. The average Bonchev–Trinajstić information content (AvgIpc) is 3.74. The zero-order chi connectivity index (χ0) is 41.9. The Morgan fingerprint density at radius 2 is 1.82 bits per heavy atom. The van der Waals surface area contributed by atoms with E-state index >= 15 is 0 Å². The molecule has 5 aromatic rings. The second kappa shape index (κ2) is 18.0. The summed E-state index contributed by atoms with van der Waals surface area (Å²) in [6, 6.07) is 18.1. The van der Waals surface area contributed by atoms with Gasteiger partial charge in [-0.1, -0.05) is 35.7 Å². The number of benzene rings is 2. The fourth-order valence-corrected chi connectivity index (χ4v) is 10.0. The molecular formula is C45H49ClN8O6S. The van der Waals surface area contributed by atoms with E-state index in [9.17, 15) is 19.5 Å². The molecule has 2 saturated heterocycles. The van der Waals surface area contributed by atoms with Crippen molar-refractivity contribution >= 4 is 62.5 Å². The molecule has 2 aromatic carbocycles. The van der Waals surface area contributed by atoms with Crippen LogP contribution in [0.1, 0.15) is 67.4 Å². The van der Waals surface area contributed by atoms with Crippen molar-refractivity contribution in [2.45, 2.75) is 56.3 Å². The number of piperazine rings is 1. The summed E-state index contributed by atoms with van der Waals surface area (Å²) in [5.74, 6) is 0.132. The lowest BCUT2D eigenvalue weighted by atomic mass is 9.59. The van der Waals surface area contributed by atoms with Gasteiger partial charge in [0.25, 0.3) is 5.69 Å². The average molecular weight is 865 g/mol. The topological polar surface area (TPSA) is 174 Å². The maximum atomic E-state index is 13.8. The van der Waals surface area contributed by atoms with Crippen LogP contribution >= 0.6 is 11.6 Å². The lowest BCUT2D eigenvalue weighted by Gasteiger charge is -2.47. The summed E-state index contributed by atoms with van der Waals surface area (Å²) >= 11 is 4.13. The number of nitrogens with zero attached hydrogens (tertiary/aromatic N) is 5. The number of amides is 1. The summed E-state index contributed by atoms with van der Waals surface area (Å²) in [6.07, 6.45) is 14.2. The molecule has 3 aromatic heterocycles. The van der Waals surface area contributed by atoms with Crippen molar-refractivity contribution in [1.29, 1.82) is 0 Å². The van der Waals surface area contributed by atoms with Crippen LogP contribution in [0.3, 0.4) is 0 Å². The van der Waals surface area contributed by atoms with Gasteiger partial charge in [0.05, 0.1) is 29.1 Å². The third kappa shape index (κ3) is 9.36. The smallest absolute Gasteiger partial charge is 0.314 e. The first-order chi connectivity index (χ1) is 29.7. The summed E-state index contributed by atoms with van der Waals surface area (Å²) < 4.78 is 27.8. The van der Waals surface area contributed by atoms with Gasteiger partial charge >= 0.3 is 5.91 Å². The highest BCUT2D eigenvalue weighted by atomic mass is 35.5. The molecule has 61 heavy (non-hydrogen) atoms. The van der Waals surface area contributed by atoms with Crippen LogP contribution in [-0.4, -0.2) is 87.7 Å². The number of hydrogen-bond acceptors (Lipinski definition) is 11. The number of nitrogens with one attached hydrogen (secondary N) is 3. The SMILES string of the molecule is O=C(N[S+]([O-])c1ccc(NCC2CCOCC2)c([N+](=O)[O-])c1)c1ncc(N2CCN(CC3=C(c4ccc(Cl)cc4)CC4(CCC4)CC3)CC2)cc1Oc1cnc2[nH]ccc2c1. The van der Waals surface area contributed by atoms with E-state index in [1.165, 1.54) is 60.6 Å². The molecule has 1 unspecified atom stereocenters. The number of H-pyrrole nitrogens is 1. The van der Waals surface area contributed by atoms with Crippen molar-refractivity contribution < 1.29 is 23.7 Å². The van der Waals surface area contributed by atoms with Crippen molar-refractivity contribution in [1.82, 2.24) is 24.6 Å². The Morgan fingerprint density at radius 3 is 2.57 bits per heavy atom. The van der Waals surface area contributed by atoms with Gasteiger partial charge in [0.15, 0.2) is 16.3 Å². The first-order valence-electron chi connectivity index (χ1n) is 21.1. The van der Waals surface area contributed by atoms with Gasteiger partial charge in [-0.2, -0.15) is 4.72 Å². The zero-order valence-corrected chi connectivity index (χ0v) is 35.4. The summed E-state index contributed by atoms with van der Waals surface area (Å²) in [7, 11) is 0. The molecule has 318 valence electrons. The van der Waals surface area contributed by atoms with Crippen molar-refractivity contribution in [3.05, 3.63) is 111 Å². The zero-order valence-electron chi connectivity index (χ0n) is 33.9. The van der Waals surface area contributed by atoms with Crippen LogP contribution in [0.2, 0.25) is 5.02 Å². The highest BCUT2D eigenvalue weighted by molar-refractivity contribution is 7.90. The number of ether oxygens (including phenoxy) is 2. The number of carbonyl (C=O) groups excluding carboxylic acids is 1. The molecule has 2 aliphatic carbocycles. The molecule has 0 bridgehead atoms. The highest BCUT2D eigenvalue weighted by Crippen LogP contribution is 2.55. The Labute approximate surface area is 362 Å². The van der Waals surface area contributed by atoms with E-state index in [0.29, 0.717) is 48.2 Å². The molecule has 0 radical (unpaired) electrons. The first kappa shape index (κ1) is 41.2. The molecule has 5 heterocycles. The molecule has 3 fully saturated rings. The van der Waals surface area contributed by atoms with Crippen molar-refractivity contribution in [2.75, 3.05) is 62.7 Å². The maximum Gasteiger partial charge on any atom is 0.314 e. The van der Waals surface area contributed by atoms with E-state index in [-0.39, 0.29) is 22.0 Å². The molecule has 9 rings (SSSR count). The molecular weight excluding hydrogens is 816 g/mol. The summed E-state index contributed by atoms with van der Waals surface area (Å²) in [4.78, 5) is 42.3. The van der Waals surface area contributed by atoms with Gasteiger partial charge in [-0.25, -0.2) is 9.97 Å². The van der Waals surface area contributed by atoms with Gasteiger partial charge in [-0.05, 0) is 104 Å². The van der Waals surface area contributed by atoms with Gasteiger partial charge in [0, 0.05) is 75.2 Å². The normalized spacial score (nSPS) is 18.8. The number of carbonyl (C=O) groups is 1. The predicted molar refractivity (Wildman–Crippen MR) is 237 cm³/mol. The van der Waals surface area contributed by atoms with Crippen LogP contribution < -0.4 is 19.7 Å². The van der Waals surface area contributed by atoms with E-state index in [4.69, 9.17) is 21.1 Å². The largest absolute Gasteiger partial charge is 0.588 e. The number of allylic oxidation sites excluding steroid dienone is 1. The van der Waals surface area contributed by atoms with E-state index in [1.54, 1.807) is 24.7 Å². The minimum absolute atomic E-state index is 0.0718. The van der Waals surface area contributed by atoms with Gasteiger partial charge in [0.2, 0.25) is 0 Å². The Kier molecular flexibility index (Phi) is 12.2. The number of fused-ring (bicyclic) bond motifs is 1. The highest BCUT2D eigenvalue weighted by Gasteiger charge is 2.41. The number of anilines is 2. The Hall–Kier alpha value is -5.19. The van der Waals surface area contributed by atoms with E-state index in [2.05, 4.69) is 46.9 Å². The predicted octanol–water partition coefficient (Wildman–Crippen LogP) is 8.53. The number of pyridine rings is 2. The van der Waals surface area contributed by atoms with E-state index in [1.807, 2.05) is 24.3 Å². The summed E-state index contributed by atoms with van der Waals surface area (Å²) in [6.45, 7) is 6.02. The third-order valence-corrected chi connectivity index (χ3v) is 14.1. The number of aromatic nitrogens is 3. The Bertz CT molecular complexity index is 2430. The second-order valence-corrected chi connectivity index (χ2v) is 18.3. The Morgan fingerprint density at radius 1 is 1.02 bits per heavy atom. The van der Waals surface area contributed by atoms with E-state index < -0.39 is 22.2 Å². The monoisotopic (exact) mass is 864 g/mol. The number of rotatable bonds is 13. The molecule has 3 N–H and O–H groups in total. The van der Waals surface area contributed by atoms with Crippen LogP contribution in [0, 0.1) is 21.4 Å². The molecule has 2 aliphatic heterocycles. The second-order valence-electron chi connectivity index (χ2n) is 16.7. The molecule has 1 atom stereocenters. The van der Waals surface area contributed by atoms with Crippen molar-refractivity contribution in [2.24, 2.45) is 11.3 Å². The van der Waals surface area contributed by atoms with E-state index in [0.717, 1.165) is 74.5 Å². The third-order valence-electron chi connectivity index (χ3n) is 12.8.